The van der Waals surface area contributed by atoms with Gasteiger partial charge in [-0.15, -0.1) is 11.3 Å². The second-order valence-corrected chi connectivity index (χ2v) is 6.61. The standard InChI is InChI=1S/C15H22N6O4S/c1-10-11(2)26-15(18-10)19-13-12(21(22)23)14(17-9-16-13)20(5-7-24-3)6-8-25-4/h9H,5-8H2,1-4H3,(H,16,17,18,19). The molecule has 0 bridgehead atoms. The van der Waals surface area contributed by atoms with Gasteiger partial charge in [-0.1, -0.05) is 0 Å². The van der Waals surface area contributed by atoms with E-state index >= 15 is 0 Å². The molecule has 0 aliphatic carbocycles. The van der Waals surface area contributed by atoms with Crippen LogP contribution in [0.25, 0.3) is 0 Å². The third-order valence-corrected chi connectivity index (χ3v) is 4.66. The van der Waals surface area contributed by atoms with Gasteiger partial charge in [-0.25, -0.2) is 15.0 Å². The Hall–Kier alpha value is -2.37. The molecular formula is C15H22N6O4S. The summed E-state index contributed by atoms with van der Waals surface area (Å²) in [4.78, 5) is 26.6. The first-order chi connectivity index (χ1) is 12.5. The molecule has 10 nitrogen and oxygen atoms in total. The summed E-state index contributed by atoms with van der Waals surface area (Å²) in [6.07, 6.45) is 1.30. The quantitative estimate of drug-likeness (QED) is 0.488. The summed E-state index contributed by atoms with van der Waals surface area (Å²) in [5.74, 6) is 0.320. The van der Waals surface area contributed by atoms with Crippen LogP contribution < -0.4 is 10.2 Å². The number of thiazole rings is 1. The van der Waals surface area contributed by atoms with Crippen LogP contribution in [-0.4, -0.2) is 60.4 Å². The van der Waals surface area contributed by atoms with Gasteiger partial charge in [0.25, 0.3) is 0 Å². The lowest BCUT2D eigenvalue weighted by Gasteiger charge is -2.23. The molecule has 1 N–H and O–H groups in total. The topological polar surface area (TPSA) is 116 Å². The predicted octanol–water partition coefficient (Wildman–Crippen LogP) is 2.30. The molecule has 0 aliphatic heterocycles. The highest BCUT2D eigenvalue weighted by atomic mass is 32.1. The highest BCUT2D eigenvalue weighted by molar-refractivity contribution is 7.15. The Morgan fingerprint density at radius 2 is 1.88 bits per heavy atom. The van der Waals surface area contributed by atoms with E-state index in [9.17, 15) is 10.1 Å². The fourth-order valence-corrected chi connectivity index (χ4v) is 3.03. The Labute approximate surface area is 155 Å². The highest BCUT2D eigenvalue weighted by Crippen LogP contribution is 2.34. The van der Waals surface area contributed by atoms with Crippen LogP contribution in [-0.2, 0) is 9.47 Å². The molecule has 0 saturated heterocycles. The molecule has 0 aromatic carbocycles. The zero-order valence-electron chi connectivity index (χ0n) is 15.2. The number of anilines is 3. The zero-order valence-corrected chi connectivity index (χ0v) is 16.0. The van der Waals surface area contributed by atoms with Crippen molar-refractivity contribution in [2.45, 2.75) is 13.8 Å². The maximum atomic E-state index is 11.7. The highest BCUT2D eigenvalue weighted by Gasteiger charge is 2.27. The molecule has 0 amide bonds. The third-order valence-electron chi connectivity index (χ3n) is 3.67. The molecule has 2 aromatic rings. The van der Waals surface area contributed by atoms with Crippen molar-refractivity contribution in [3.05, 3.63) is 27.0 Å². The van der Waals surface area contributed by atoms with Gasteiger partial charge in [0.15, 0.2) is 5.13 Å². The van der Waals surface area contributed by atoms with Gasteiger partial charge in [0.05, 0.1) is 23.8 Å². The number of nitrogens with zero attached hydrogens (tertiary/aromatic N) is 5. The molecule has 0 radical (unpaired) electrons. The van der Waals surface area contributed by atoms with Crippen LogP contribution in [0.4, 0.5) is 22.5 Å². The molecule has 2 rings (SSSR count). The van der Waals surface area contributed by atoms with E-state index in [0.29, 0.717) is 31.4 Å². The smallest absolute Gasteiger partial charge is 0.353 e. The number of nitrogens with one attached hydrogen (secondary N) is 1. The molecule has 0 atom stereocenters. The molecule has 11 heteroatoms. The Morgan fingerprint density at radius 1 is 1.23 bits per heavy atom. The molecule has 0 saturated carbocycles. The van der Waals surface area contributed by atoms with Crippen molar-refractivity contribution in [3.63, 3.8) is 0 Å². The summed E-state index contributed by atoms with van der Waals surface area (Å²) in [5, 5.41) is 15.2. The molecule has 0 aliphatic rings. The molecule has 0 spiro atoms. The van der Waals surface area contributed by atoms with E-state index in [-0.39, 0.29) is 17.3 Å². The molecule has 2 heterocycles. The number of rotatable bonds is 10. The lowest BCUT2D eigenvalue weighted by molar-refractivity contribution is -0.383. The molecule has 26 heavy (non-hydrogen) atoms. The van der Waals surface area contributed by atoms with Gasteiger partial charge < -0.3 is 19.7 Å². The number of aromatic nitrogens is 3. The van der Waals surface area contributed by atoms with E-state index in [1.165, 1.54) is 17.7 Å². The number of aryl methyl sites for hydroxylation is 2. The first-order valence-electron chi connectivity index (χ1n) is 7.91. The minimum absolute atomic E-state index is 0.105. The van der Waals surface area contributed by atoms with Crippen molar-refractivity contribution in [1.29, 1.82) is 0 Å². The Bertz CT molecular complexity index is 726. The lowest BCUT2D eigenvalue weighted by atomic mass is 10.3. The van der Waals surface area contributed by atoms with Crippen molar-refractivity contribution >= 4 is 33.8 Å². The lowest BCUT2D eigenvalue weighted by Crippen LogP contribution is -2.32. The number of nitro groups is 1. The summed E-state index contributed by atoms with van der Waals surface area (Å²) in [6.45, 7) is 5.50. The first kappa shape index (κ1) is 19.9. The van der Waals surface area contributed by atoms with Crippen molar-refractivity contribution in [3.8, 4) is 0 Å². The van der Waals surface area contributed by atoms with Crippen LogP contribution in [0.3, 0.4) is 0 Å². The second kappa shape index (κ2) is 9.36. The van der Waals surface area contributed by atoms with Crippen molar-refractivity contribution in [1.82, 2.24) is 15.0 Å². The van der Waals surface area contributed by atoms with E-state index in [1.807, 2.05) is 13.8 Å². The van der Waals surface area contributed by atoms with Crippen molar-refractivity contribution in [2.75, 3.05) is 50.7 Å². The monoisotopic (exact) mass is 382 g/mol. The zero-order chi connectivity index (χ0) is 19.1. The SMILES string of the molecule is COCCN(CCOC)c1ncnc(Nc2nc(C)c(C)s2)c1[N+](=O)[O-]. The Morgan fingerprint density at radius 3 is 2.38 bits per heavy atom. The van der Waals surface area contributed by atoms with Crippen LogP contribution in [0.5, 0.6) is 0 Å². The van der Waals surface area contributed by atoms with Gasteiger partial charge in [0.1, 0.15) is 6.33 Å². The third kappa shape index (κ3) is 4.84. The molecule has 2 aromatic heterocycles. The van der Waals surface area contributed by atoms with Crippen molar-refractivity contribution in [2.24, 2.45) is 0 Å². The van der Waals surface area contributed by atoms with Crippen LogP contribution >= 0.6 is 11.3 Å². The van der Waals surface area contributed by atoms with Gasteiger partial charge in [0.2, 0.25) is 11.6 Å². The van der Waals surface area contributed by atoms with E-state index < -0.39 is 4.92 Å². The summed E-state index contributed by atoms with van der Waals surface area (Å²) >= 11 is 1.41. The van der Waals surface area contributed by atoms with Crippen molar-refractivity contribution < 1.29 is 14.4 Å². The summed E-state index contributed by atoms with van der Waals surface area (Å²) < 4.78 is 10.2. The second-order valence-electron chi connectivity index (χ2n) is 5.41. The van der Waals surface area contributed by atoms with Gasteiger partial charge in [-0.05, 0) is 13.8 Å². The maximum Gasteiger partial charge on any atom is 0.353 e. The van der Waals surface area contributed by atoms with Gasteiger partial charge in [0, 0.05) is 32.2 Å². The minimum Gasteiger partial charge on any atom is -0.383 e. The fourth-order valence-electron chi connectivity index (χ4n) is 2.21. The number of hydrogen-bond donors (Lipinski definition) is 1. The molecule has 0 fully saturated rings. The Balaban J connectivity index is 2.40. The Kier molecular flexibility index (Phi) is 7.18. The summed E-state index contributed by atoms with van der Waals surface area (Å²) in [7, 11) is 3.14. The average Bonchev–Trinajstić information content (AvgIpc) is 2.92. The van der Waals surface area contributed by atoms with Crippen LogP contribution in [0.2, 0.25) is 0 Å². The van der Waals surface area contributed by atoms with Gasteiger partial charge in [-0.3, -0.25) is 10.1 Å². The minimum atomic E-state index is -0.488. The largest absolute Gasteiger partial charge is 0.383 e. The number of hydrogen-bond acceptors (Lipinski definition) is 10. The normalized spacial score (nSPS) is 10.8. The van der Waals surface area contributed by atoms with E-state index in [2.05, 4.69) is 20.3 Å². The predicted molar refractivity (Wildman–Crippen MR) is 99.5 cm³/mol. The maximum absolute atomic E-state index is 11.7. The fraction of sp³-hybridized carbons (Fsp3) is 0.533. The molecular weight excluding hydrogens is 360 g/mol. The van der Waals surface area contributed by atoms with Crippen LogP contribution in [0.15, 0.2) is 6.33 Å². The average molecular weight is 382 g/mol. The van der Waals surface area contributed by atoms with Gasteiger partial charge >= 0.3 is 5.69 Å². The van der Waals surface area contributed by atoms with E-state index in [4.69, 9.17) is 9.47 Å². The molecule has 142 valence electrons. The number of ether oxygens (including phenoxy) is 2. The number of methoxy groups -OCH3 is 2. The van der Waals surface area contributed by atoms with Crippen LogP contribution in [0.1, 0.15) is 10.6 Å². The van der Waals surface area contributed by atoms with E-state index in [0.717, 1.165) is 10.6 Å². The van der Waals surface area contributed by atoms with Crippen LogP contribution in [0, 0.1) is 24.0 Å². The van der Waals surface area contributed by atoms with Gasteiger partial charge in [-0.2, -0.15) is 0 Å². The first-order valence-corrected chi connectivity index (χ1v) is 8.72. The summed E-state index contributed by atoms with van der Waals surface area (Å²) in [5.41, 5.74) is 0.668. The summed E-state index contributed by atoms with van der Waals surface area (Å²) in [6, 6.07) is 0. The molecule has 0 unspecified atom stereocenters. The van der Waals surface area contributed by atoms with E-state index in [1.54, 1.807) is 19.1 Å².